The van der Waals surface area contributed by atoms with E-state index in [1.165, 1.54) is 0 Å². The van der Waals surface area contributed by atoms with E-state index in [9.17, 15) is 14.4 Å². The summed E-state index contributed by atoms with van der Waals surface area (Å²) in [6, 6.07) is 0. The van der Waals surface area contributed by atoms with Crippen LogP contribution in [0.1, 0.15) is 12.8 Å². The summed E-state index contributed by atoms with van der Waals surface area (Å²) in [5, 5.41) is 2.68. The first kappa shape index (κ1) is 16.3. The largest absolute Gasteiger partial charge is 0.366 e. The van der Waals surface area contributed by atoms with Crippen molar-refractivity contribution in [2.75, 3.05) is 6.54 Å². The first-order chi connectivity index (χ1) is 7.43. The van der Waals surface area contributed by atoms with E-state index in [2.05, 4.69) is 29.9 Å². The highest BCUT2D eigenvalue weighted by molar-refractivity contribution is 5.85. The molecule has 1 aliphatic heterocycles. The molecule has 0 aromatic rings. The second-order valence-electron chi connectivity index (χ2n) is 2.67. The minimum absolute atomic E-state index is 0.204. The molecule has 0 saturated carbocycles. The molecule has 0 aromatic carbocycles. The maximum atomic E-state index is 10.1. The Hall–Kier alpha value is -2.11. The van der Waals surface area contributed by atoms with Gasteiger partial charge in [0, 0.05) is 13.0 Å². The van der Waals surface area contributed by atoms with Gasteiger partial charge >= 0.3 is 0 Å². The van der Waals surface area contributed by atoms with Gasteiger partial charge in [0.25, 0.3) is 0 Å². The molecular formula is C10H17N3O3. The molecule has 16 heavy (non-hydrogen) atoms. The molecule has 1 rings (SSSR count). The average molecular weight is 227 g/mol. The van der Waals surface area contributed by atoms with Crippen molar-refractivity contribution in [2.45, 2.75) is 12.8 Å². The monoisotopic (exact) mass is 227 g/mol. The van der Waals surface area contributed by atoms with Gasteiger partial charge in [-0.2, -0.15) is 0 Å². The average Bonchev–Trinajstić information content (AvgIpc) is 2.71. The van der Waals surface area contributed by atoms with E-state index >= 15 is 0 Å². The molecule has 0 atom stereocenters. The summed E-state index contributed by atoms with van der Waals surface area (Å²) in [6.45, 7) is 7.06. The van der Waals surface area contributed by atoms with E-state index in [-0.39, 0.29) is 5.91 Å². The standard InChI is InChI=1S/C4H7NO.2C3H5NO/c6-4-2-1-3-5-4;2*1-2-3(4)5/h1-3H2,(H,5,6);2*2H,1H2,(H2,4,5). The maximum Gasteiger partial charge on any atom is 0.240 e. The first-order valence-corrected chi connectivity index (χ1v) is 4.54. The van der Waals surface area contributed by atoms with E-state index in [1.807, 2.05) is 0 Å². The third-order valence-electron chi connectivity index (χ3n) is 1.31. The molecule has 0 unspecified atom stereocenters. The summed E-state index contributed by atoms with van der Waals surface area (Å²) in [6.07, 6.45) is 3.87. The molecular weight excluding hydrogens is 210 g/mol. The third kappa shape index (κ3) is 17.8. The van der Waals surface area contributed by atoms with Gasteiger partial charge in [0.05, 0.1) is 0 Å². The van der Waals surface area contributed by atoms with E-state index < -0.39 is 11.8 Å². The van der Waals surface area contributed by atoms with E-state index in [0.717, 1.165) is 31.5 Å². The van der Waals surface area contributed by atoms with Gasteiger partial charge in [-0.05, 0) is 18.6 Å². The number of rotatable bonds is 2. The van der Waals surface area contributed by atoms with Crippen molar-refractivity contribution in [2.24, 2.45) is 11.5 Å². The molecule has 6 heteroatoms. The second-order valence-corrected chi connectivity index (χ2v) is 2.67. The van der Waals surface area contributed by atoms with Crippen molar-refractivity contribution in [1.82, 2.24) is 5.32 Å². The summed E-state index contributed by atoms with van der Waals surface area (Å²) in [7, 11) is 0. The summed E-state index contributed by atoms with van der Waals surface area (Å²) >= 11 is 0. The van der Waals surface area contributed by atoms with Crippen LogP contribution in [-0.4, -0.2) is 24.3 Å². The van der Waals surface area contributed by atoms with Crippen molar-refractivity contribution >= 4 is 17.7 Å². The Morgan fingerprint density at radius 1 is 1.19 bits per heavy atom. The Bertz CT molecular complexity index is 248. The van der Waals surface area contributed by atoms with Crippen LogP contribution >= 0.6 is 0 Å². The molecule has 0 aliphatic carbocycles. The van der Waals surface area contributed by atoms with Crippen molar-refractivity contribution < 1.29 is 14.4 Å². The molecule has 1 heterocycles. The molecule has 5 N–H and O–H groups in total. The Labute approximate surface area is 94.4 Å². The van der Waals surface area contributed by atoms with Crippen molar-refractivity contribution in [1.29, 1.82) is 0 Å². The second kappa shape index (κ2) is 11.0. The minimum Gasteiger partial charge on any atom is -0.366 e. The normalized spacial score (nSPS) is 11.9. The zero-order chi connectivity index (χ0) is 13.0. The number of carbonyl (C=O) groups is 3. The molecule has 1 saturated heterocycles. The summed E-state index contributed by atoms with van der Waals surface area (Å²) in [5.74, 6) is -0.759. The van der Waals surface area contributed by atoms with Crippen LogP contribution in [0.2, 0.25) is 0 Å². The van der Waals surface area contributed by atoms with Gasteiger partial charge < -0.3 is 16.8 Å². The van der Waals surface area contributed by atoms with E-state index in [4.69, 9.17) is 0 Å². The lowest BCUT2D eigenvalue weighted by Crippen LogP contribution is -2.12. The topological polar surface area (TPSA) is 115 Å². The zero-order valence-corrected chi connectivity index (χ0v) is 9.07. The smallest absolute Gasteiger partial charge is 0.240 e. The Morgan fingerprint density at radius 3 is 1.62 bits per heavy atom. The summed E-state index contributed by atoms with van der Waals surface area (Å²) in [4.78, 5) is 29.1. The molecule has 6 nitrogen and oxygen atoms in total. The molecule has 1 fully saturated rings. The molecule has 0 bridgehead atoms. The lowest BCUT2D eigenvalue weighted by molar-refractivity contribution is -0.119. The Balaban J connectivity index is 0. The maximum absolute atomic E-state index is 10.1. The summed E-state index contributed by atoms with van der Waals surface area (Å²) < 4.78 is 0. The van der Waals surface area contributed by atoms with Crippen molar-refractivity contribution in [3.05, 3.63) is 25.3 Å². The number of hydrogen-bond acceptors (Lipinski definition) is 3. The zero-order valence-electron chi connectivity index (χ0n) is 9.07. The number of amides is 3. The predicted octanol–water partition coefficient (Wildman–Crippen LogP) is -0.788. The van der Waals surface area contributed by atoms with Crippen LogP contribution in [0.15, 0.2) is 25.3 Å². The van der Waals surface area contributed by atoms with Crippen LogP contribution in [0.4, 0.5) is 0 Å². The van der Waals surface area contributed by atoms with Gasteiger partial charge in [-0.25, -0.2) is 0 Å². The van der Waals surface area contributed by atoms with Gasteiger partial charge in [0.2, 0.25) is 17.7 Å². The molecule has 0 radical (unpaired) electrons. The number of hydrogen-bond donors (Lipinski definition) is 3. The number of carbonyl (C=O) groups excluding carboxylic acids is 3. The third-order valence-corrected chi connectivity index (χ3v) is 1.31. The minimum atomic E-state index is -0.481. The molecule has 1 aliphatic rings. The van der Waals surface area contributed by atoms with E-state index in [0.29, 0.717) is 0 Å². The van der Waals surface area contributed by atoms with Crippen LogP contribution in [-0.2, 0) is 14.4 Å². The Kier molecular flexibility index (Phi) is 11.2. The number of nitrogens with one attached hydrogen (secondary N) is 1. The van der Waals surface area contributed by atoms with Crippen molar-refractivity contribution in [3.63, 3.8) is 0 Å². The van der Waals surface area contributed by atoms with Gasteiger partial charge in [-0.3, -0.25) is 14.4 Å². The highest BCUT2D eigenvalue weighted by Crippen LogP contribution is 1.93. The predicted molar refractivity (Wildman–Crippen MR) is 61.0 cm³/mol. The summed E-state index contributed by atoms with van der Waals surface area (Å²) in [5.41, 5.74) is 9.07. The lowest BCUT2D eigenvalue weighted by atomic mass is 10.4. The van der Waals surface area contributed by atoms with Crippen LogP contribution in [0.3, 0.4) is 0 Å². The van der Waals surface area contributed by atoms with Crippen LogP contribution in [0, 0.1) is 0 Å². The fourth-order valence-corrected chi connectivity index (χ4v) is 0.565. The Morgan fingerprint density at radius 2 is 1.56 bits per heavy atom. The highest BCUT2D eigenvalue weighted by atomic mass is 16.2. The fourth-order valence-electron chi connectivity index (χ4n) is 0.565. The van der Waals surface area contributed by atoms with Gasteiger partial charge in [-0.1, -0.05) is 13.2 Å². The van der Waals surface area contributed by atoms with Crippen molar-refractivity contribution in [3.8, 4) is 0 Å². The fraction of sp³-hybridized carbons (Fsp3) is 0.300. The molecule has 90 valence electrons. The molecule has 3 amide bonds. The van der Waals surface area contributed by atoms with Crippen LogP contribution in [0.5, 0.6) is 0 Å². The van der Waals surface area contributed by atoms with Crippen LogP contribution < -0.4 is 16.8 Å². The van der Waals surface area contributed by atoms with Gasteiger partial charge in [0.15, 0.2) is 0 Å². The van der Waals surface area contributed by atoms with Crippen LogP contribution in [0.25, 0.3) is 0 Å². The quantitative estimate of drug-likeness (QED) is 0.537. The highest BCUT2D eigenvalue weighted by Gasteiger charge is 2.05. The van der Waals surface area contributed by atoms with Gasteiger partial charge in [0.1, 0.15) is 0 Å². The van der Waals surface area contributed by atoms with E-state index in [1.54, 1.807) is 0 Å². The first-order valence-electron chi connectivity index (χ1n) is 4.54. The number of nitrogens with two attached hydrogens (primary N) is 2. The number of primary amides is 2. The SMILES string of the molecule is C=CC(N)=O.C=CC(N)=O.O=C1CCCN1. The lowest BCUT2D eigenvalue weighted by Gasteiger charge is -1.80. The molecule has 0 spiro atoms. The van der Waals surface area contributed by atoms with Gasteiger partial charge in [-0.15, -0.1) is 0 Å². The molecule has 0 aromatic heterocycles.